The molecular formula is C14H16BrFN2O. The van der Waals surface area contributed by atoms with Crippen LogP contribution < -0.4 is 11.1 Å². The Balaban J connectivity index is 1.75. The van der Waals surface area contributed by atoms with E-state index in [9.17, 15) is 9.18 Å². The fourth-order valence-electron chi connectivity index (χ4n) is 3.41. The van der Waals surface area contributed by atoms with Crippen molar-refractivity contribution in [3.8, 4) is 0 Å². The third kappa shape index (κ3) is 2.36. The van der Waals surface area contributed by atoms with E-state index in [4.69, 9.17) is 5.73 Å². The van der Waals surface area contributed by atoms with Crippen molar-refractivity contribution >= 4 is 27.5 Å². The molecule has 3 atom stereocenters. The van der Waals surface area contributed by atoms with Crippen LogP contribution in [0.4, 0.5) is 10.1 Å². The highest BCUT2D eigenvalue weighted by atomic mass is 79.9. The van der Waals surface area contributed by atoms with Crippen LogP contribution in [0, 0.1) is 17.7 Å². The quantitative estimate of drug-likeness (QED) is 0.820. The lowest BCUT2D eigenvalue weighted by Gasteiger charge is -2.23. The summed E-state index contributed by atoms with van der Waals surface area (Å²) < 4.78 is 13.7. The van der Waals surface area contributed by atoms with E-state index in [1.54, 1.807) is 0 Å². The Hall–Kier alpha value is -1.10. The molecule has 0 aromatic heterocycles. The van der Waals surface area contributed by atoms with Crippen LogP contribution >= 0.6 is 15.9 Å². The van der Waals surface area contributed by atoms with Gasteiger partial charge in [0.2, 0.25) is 0 Å². The molecule has 1 aromatic rings. The number of hydrogen-bond donors (Lipinski definition) is 2. The van der Waals surface area contributed by atoms with Crippen LogP contribution in [0.5, 0.6) is 0 Å². The molecule has 1 aromatic carbocycles. The monoisotopic (exact) mass is 326 g/mol. The number of amides is 1. The normalized spacial score (nSPS) is 28.6. The molecule has 2 bridgehead atoms. The Morgan fingerprint density at radius 1 is 1.37 bits per heavy atom. The zero-order valence-electron chi connectivity index (χ0n) is 10.5. The Labute approximate surface area is 119 Å². The van der Waals surface area contributed by atoms with Crippen molar-refractivity contribution in [2.45, 2.75) is 31.7 Å². The number of fused-ring (bicyclic) bond motifs is 2. The largest absolute Gasteiger partial charge is 0.396 e. The molecule has 3 N–H and O–H groups in total. The number of hydrogen-bond acceptors (Lipinski definition) is 2. The van der Waals surface area contributed by atoms with E-state index < -0.39 is 5.82 Å². The van der Waals surface area contributed by atoms with E-state index in [-0.39, 0.29) is 17.6 Å². The molecule has 1 amide bonds. The van der Waals surface area contributed by atoms with Crippen LogP contribution in [0.25, 0.3) is 0 Å². The summed E-state index contributed by atoms with van der Waals surface area (Å²) in [4.78, 5) is 12.2. The van der Waals surface area contributed by atoms with Gasteiger partial charge in [-0.05, 0) is 59.2 Å². The number of benzene rings is 1. The number of anilines is 1. The molecule has 0 heterocycles. The first-order valence-electron chi connectivity index (χ1n) is 6.60. The lowest BCUT2D eigenvalue weighted by molar-refractivity contribution is 0.0922. The molecule has 19 heavy (non-hydrogen) atoms. The minimum atomic E-state index is -0.511. The molecule has 0 radical (unpaired) electrons. The number of rotatable bonds is 2. The van der Waals surface area contributed by atoms with Crippen LogP contribution in [-0.4, -0.2) is 11.9 Å². The fraction of sp³-hybridized carbons (Fsp3) is 0.500. The van der Waals surface area contributed by atoms with Gasteiger partial charge >= 0.3 is 0 Å². The molecular weight excluding hydrogens is 311 g/mol. The molecule has 3 nitrogen and oxygen atoms in total. The Kier molecular flexibility index (Phi) is 3.25. The Morgan fingerprint density at radius 3 is 2.79 bits per heavy atom. The van der Waals surface area contributed by atoms with Gasteiger partial charge in [-0.3, -0.25) is 4.79 Å². The summed E-state index contributed by atoms with van der Waals surface area (Å²) in [5.41, 5.74) is 5.93. The van der Waals surface area contributed by atoms with Gasteiger partial charge in [0.25, 0.3) is 5.91 Å². The maximum atomic E-state index is 13.3. The van der Waals surface area contributed by atoms with Crippen molar-refractivity contribution in [2.24, 2.45) is 11.8 Å². The number of halogens is 2. The first-order chi connectivity index (χ1) is 9.04. The summed E-state index contributed by atoms with van der Waals surface area (Å²) in [7, 11) is 0. The second-order valence-corrected chi connectivity index (χ2v) is 6.46. The van der Waals surface area contributed by atoms with E-state index in [1.807, 2.05) is 0 Å². The van der Waals surface area contributed by atoms with Gasteiger partial charge in [-0.15, -0.1) is 0 Å². The van der Waals surface area contributed by atoms with Crippen molar-refractivity contribution in [3.63, 3.8) is 0 Å². The Bertz CT molecular complexity index is 534. The van der Waals surface area contributed by atoms with Crippen molar-refractivity contribution in [2.75, 3.05) is 5.73 Å². The molecule has 2 aliphatic carbocycles. The van der Waals surface area contributed by atoms with E-state index in [0.717, 1.165) is 12.3 Å². The summed E-state index contributed by atoms with van der Waals surface area (Å²) in [5.74, 6) is 0.710. The molecule has 102 valence electrons. The zero-order chi connectivity index (χ0) is 13.6. The van der Waals surface area contributed by atoms with E-state index >= 15 is 0 Å². The minimum absolute atomic E-state index is 0.00120. The highest BCUT2D eigenvalue weighted by Crippen LogP contribution is 2.44. The van der Waals surface area contributed by atoms with Crippen LogP contribution in [0.1, 0.15) is 36.0 Å². The standard InChI is InChI=1S/C14H16BrFN2O/c15-10-6-11(16)12(17)5-9(10)14(19)18-13-4-7-1-2-8(13)3-7/h5-8,13H,1-4,17H2,(H,18,19). The van der Waals surface area contributed by atoms with Gasteiger partial charge in [0.15, 0.2) is 0 Å². The van der Waals surface area contributed by atoms with E-state index in [0.29, 0.717) is 16.0 Å². The maximum Gasteiger partial charge on any atom is 0.252 e. The number of nitrogens with one attached hydrogen (secondary N) is 1. The number of carbonyl (C=O) groups is 1. The van der Waals surface area contributed by atoms with Gasteiger partial charge in [-0.25, -0.2) is 4.39 Å². The van der Waals surface area contributed by atoms with Crippen molar-refractivity contribution in [3.05, 3.63) is 28.0 Å². The van der Waals surface area contributed by atoms with Crippen LogP contribution in [0.15, 0.2) is 16.6 Å². The molecule has 3 unspecified atom stereocenters. The van der Waals surface area contributed by atoms with Gasteiger partial charge in [-0.1, -0.05) is 6.42 Å². The lowest BCUT2D eigenvalue weighted by Crippen LogP contribution is -2.38. The summed E-state index contributed by atoms with van der Waals surface area (Å²) >= 11 is 3.22. The minimum Gasteiger partial charge on any atom is -0.396 e. The predicted octanol–water partition coefficient (Wildman–Crippen LogP) is 3.09. The first kappa shape index (κ1) is 12.9. The second-order valence-electron chi connectivity index (χ2n) is 5.61. The van der Waals surface area contributed by atoms with Gasteiger partial charge in [-0.2, -0.15) is 0 Å². The smallest absolute Gasteiger partial charge is 0.252 e. The third-order valence-corrected chi connectivity index (χ3v) is 5.04. The molecule has 2 saturated carbocycles. The van der Waals surface area contributed by atoms with Crippen LogP contribution in [0.2, 0.25) is 0 Å². The number of nitrogens with two attached hydrogens (primary N) is 1. The van der Waals surface area contributed by atoms with Crippen LogP contribution in [0.3, 0.4) is 0 Å². The molecule has 2 aliphatic rings. The van der Waals surface area contributed by atoms with Crippen molar-refractivity contribution < 1.29 is 9.18 Å². The third-order valence-electron chi connectivity index (χ3n) is 4.39. The van der Waals surface area contributed by atoms with E-state index in [2.05, 4.69) is 21.2 Å². The predicted molar refractivity (Wildman–Crippen MR) is 75.2 cm³/mol. The SMILES string of the molecule is Nc1cc(C(=O)NC2CC3CCC2C3)c(Br)cc1F. The first-order valence-corrected chi connectivity index (χ1v) is 7.39. The van der Waals surface area contributed by atoms with Crippen LogP contribution in [-0.2, 0) is 0 Å². The topological polar surface area (TPSA) is 55.1 Å². The van der Waals surface area contributed by atoms with Crippen molar-refractivity contribution in [1.29, 1.82) is 0 Å². The highest BCUT2D eigenvalue weighted by molar-refractivity contribution is 9.10. The molecule has 3 rings (SSSR count). The molecule has 5 heteroatoms. The van der Waals surface area contributed by atoms with Gasteiger partial charge in [0, 0.05) is 10.5 Å². The Morgan fingerprint density at radius 2 is 2.16 bits per heavy atom. The molecule has 0 aliphatic heterocycles. The average molecular weight is 327 g/mol. The van der Waals surface area contributed by atoms with Gasteiger partial charge < -0.3 is 11.1 Å². The molecule has 0 saturated heterocycles. The van der Waals surface area contributed by atoms with Gasteiger partial charge in [0.05, 0.1) is 11.3 Å². The molecule has 2 fully saturated rings. The summed E-state index contributed by atoms with van der Waals surface area (Å²) in [6.45, 7) is 0. The summed E-state index contributed by atoms with van der Waals surface area (Å²) in [6, 6.07) is 2.90. The van der Waals surface area contributed by atoms with E-state index in [1.165, 1.54) is 31.4 Å². The second kappa shape index (κ2) is 4.78. The summed E-state index contributed by atoms with van der Waals surface area (Å²) in [6.07, 6.45) is 4.81. The lowest BCUT2D eigenvalue weighted by atomic mass is 9.95. The average Bonchev–Trinajstić information content (AvgIpc) is 2.95. The van der Waals surface area contributed by atoms with Gasteiger partial charge in [0.1, 0.15) is 5.82 Å². The zero-order valence-corrected chi connectivity index (χ0v) is 12.0. The van der Waals surface area contributed by atoms with Crippen molar-refractivity contribution in [1.82, 2.24) is 5.32 Å². The number of nitrogen functional groups attached to an aromatic ring is 1. The summed E-state index contributed by atoms with van der Waals surface area (Å²) in [5, 5.41) is 3.07. The number of carbonyl (C=O) groups excluding carboxylic acids is 1. The fourth-order valence-corrected chi connectivity index (χ4v) is 3.90. The highest BCUT2D eigenvalue weighted by Gasteiger charge is 2.40. The maximum absolute atomic E-state index is 13.3. The molecule has 0 spiro atoms.